The third-order valence-corrected chi connectivity index (χ3v) is 1.78. The smallest absolute Gasteiger partial charge is 0.398 e. The summed E-state index contributed by atoms with van der Waals surface area (Å²) >= 11 is 0. The van der Waals surface area contributed by atoms with Crippen LogP contribution in [0, 0.1) is 17.0 Å². The van der Waals surface area contributed by atoms with E-state index in [1.165, 1.54) is 0 Å². The van der Waals surface area contributed by atoms with Crippen LogP contribution >= 0.6 is 0 Å². The highest BCUT2D eigenvalue weighted by Crippen LogP contribution is 2.36. The number of alkyl halides is 5. The lowest BCUT2D eigenvalue weighted by Crippen LogP contribution is -2.18. The molecule has 0 aliphatic rings. The van der Waals surface area contributed by atoms with Gasteiger partial charge in [-0.1, -0.05) is 0 Å². The van der Waals surface area contributed by atoms with Gasteiger partial charge in [0.15, 0.2) is 0 Å². The van der Waals surface area contributed by atoms with E-state index in [1.54, 1.807) is 0 Å². The molecule has 0 fully saturated rings. The van der Waals surface area contributed by atoms with Gasteiger partial charge in [0.05, 0.1) is 4.92 Å². The highest BCUT2D eigenvalue weighted by molar-refractivity contribution is 5.50. The van der Waals surface area contributed by atoms with Gasteiger partial charge in [0.2, 0.25) is 5.75 Å². The quantitative estimate of drug-likeness (QED) is 0.481. The first-order chi connectivity index (χ1) is 8.11. The Kier molecular flexibility index (Phi) is 3.67. The zero-order chi connectivity index (χ0) is 14.1. The van der Waals surface area contributed by atoms with Crippen LogP contribution in [0.5, 0.6) is 5.75 Å². The van der Waals surface area contributed by atoms with Gasteiger partial charge in [-0.25, -0.2) is 13.8 Å². The van der Waals surface area contributed by atoms with Gasteiger partial charge >= 0.3 is 12.0 Å². The monoisotopic (exact) mass is 272 g/mol. The fraction of sp³-hybridized carbons (Fsp3) is 0.375. The average molecular weight is 272 g/mol. The Labute approximate surface area is 96.3 Å². The lowest BCUT2D eigenvalue weighted by atomic mass is 10.2. The van der Waals surface area contributed by atoms with Crippen LogP contribution in [0.2, 0.25) is 0 Å². The van der Waals surface area contributed by atoms with Crippen LogP contribution in [0.3, 0.4) is 0 Å². The Morgan fingerprint density at radius 3 is 2.39 bits per heavy atom. The highest BCUT2D eigenvalue weighted by atomic mass is 19.4. The SMILES string of the molecule is Cc1nc(C(F)F)cc(OC(F)(F)F)c1[N+](=O)[O-]. The zero-order valence-electron chi connectivity index (χ0n) is 8.66. The van der Waals surface area contributed by atoms with Crippen molar-refractivity contribution in [3.63, 3.8) is 0 Å². The summed E-state index contributed by atoms with van der Waals surface area (Å²) in [5, 5.41) is 10.5. The van der Waals surface area contributed by atoms with Crippen molar-refractivity contribution in [3.8, 4) is 5.75 Å². The molecule has 0 unspecified atom stereocenters. The van der Waals surface area contributed by atoms with Crippen molar-refractivity contribution in [2.24, 2.45) is 0 Å². The number of aryl methyl sites for hydroxylation is 1. The van der Waals surface area contributed by atoms with Gasteiger partial charge in [-0.05, 0) is 6.92 Å². The van der Waals surface area contributed by atoms with Crippen LogP contribution in [0.1, 0.15) is 17.8 Å². The summed E-state index contributed by atoms with van der Waals surface area (Å²) in [6, 6.07) is 0.198. The number of ether oxygens (including phenoxy) is 1. The van der Waals surface area contributed by atoms with Crippen molar-refractivity contribution in [3.05, 3.63) is 27.6 Å². The zero-order valence-corrected chi connectivity index (χ0v) is 8.66. The first-order valence-corrected chi connectivity index (χ1v) is 4.31. The molecule has 5 nitrogen and oxygen atoms in total. The van der Waals surface area contributed by atoms with E-state index in [1.807, 2.05) is 0 Å². The minimum Gasteiger partial charge on any atom is -0.398 e. The van der Waals surface area contributed by atoms with Gasteiger partial charge in [-0.3, -0.25) is 10.1 Å². The molecule has 1 aromatic rings. The molecule has 0 N–H and O–H groups in total. The average Bonchev–Trinajstić information content (AvgIpc) is 2.12. The number of hydrogen-bond donors (Lipinski definition) is 0. The lowest BCUT2D eigenvalue weighted by molar-refractivity contribution is -0.389. The van der Waals surface area contributed by atoms with Gasteiger partial charge in [0.25, 0.3) is 6.43 Å². The Balaban J connectivity index is 3.38. The van der Waals surface area contributed by atoms with E-state index in [0.717, 1.165) is 6.92 Å². The fourth-order valence-corrected chi connectivity index (χ4v) is 1.20. The molecule has 0 radical (unpaired) electrons. The summed E-state index contributed by atoms with van der Waals surface area (Å²) in [4.78, 5) is 12.5. The van der Waals surface area contributed by atoms with Gasteiger partial charge in [0, 0.05) is 6.07 Å². The molecular weight excluding hydrogens is 267 g/mol. The molecular formula is C8H5F5N2O3. The van der Waals surface area contributed by atoms with E-state index in [0.29, 0.717) is 0 Å². The van der Waals surface area contributed by atoms with Gasteiger partial charge < -0.3 is 4.74 Å². The molecule has 10 heteroatoms. The second kappa shape index (κ2) is 4.70. The molecule has 0 saturated carbocycles. The maximum Gasteiger partial charge on any atom is 0.573 e. The number of nitrogens with zero attached hydrogens (tertiary/aromatic N) is 2. The van der Waals surface area contributed by atoms with Crippen LogP contribution in [0.4, 0.5) is 27.6 Å². The lowest BCUT2D eigenvalue weighted by Gasteiger charge is -2.11. The molecule has 1 rings (SSSR count). The number of pyridine rings is 1. The molecule has 0 saturated heterocycles. The van der Waals surface area contributed by atoms with Crippen LogP contribution in [-0.4, -0.2) is 16.3 Å². The summed E-state index contributed by atoms with van der Waals surface area (Å²) in [5.74, 6) is -1.31. The van der Waals surface area contributed by atoms with Crippen molar-refractivity contribution >= 4 is 5.69 Å². The number of rotatable bonds is 3. The minimum atomic E-state index is -5.22. The van der Waals surface area contributed by atoms with Crippen molar-refractivity contribution in [1.29, 1.82) is 0 Å². The van der Waals surface area contributed by atoms with E-state index in [9.17, 15) is 32.1 Å². The van der Waals surface area contributed by atoms with Crippen molar-refractivity contribution in [1.82, 2.24) is 4.98 Å². The van der Waals surface area contributed by atoms with Crippen LogP contribution < -0.4 is 4.74 Å². The minimum absolute atomic E-state index is 0.198. The standard InChI is InChI=1S/C8H5F5N2O3/c1-3-6(15(16)17)5(18-8(11,12)13)2-4(14-3)7(9)10/h2,7H,1H3. The predicted octanol–water partition coefficient (Wildman–Crippen LogP) is 3.13. The van der Waals surface area contributed by atoms with Gasteiger partial charge in [-0.2, -0.15) is 0 Å². The van der Waals surface area contributed by atoms with Crippen molar-refractivity contribution in [2.45, 2.75) is 19.7 Å². The molecule has 0 aromatic carbocycles. The maximum absolute atomic E-state index is 12.3. The maximum atomic E-state index is 12.3. The Hall–Kier alpha value is -2.00. The molecule has 0 spiro atoms. The molecule has 1 aromatic heterocycles. The van der Waals surface area contributed by atoms with E-state index in [-0.39, 0.29) is 6.07 Å². The Morgan fingerprint density at radius 1 is 1.44 bits per heavy atom. The Bertz CT molecular complexity index is 475. The molecule has 0 bridgehead atoms. The predicted molar refractivity (Wildman–Crippen MR) is 47.3 cm³/mol. The van der Waals surface area contributed by atoms with E-state index < -0.39 is 40.5 Å². The summed E-state index contributed by atoms with van der Waals surface area (Å²) in [6.45, 7) is 0.938. The van der Waals surface area contributed by atoms with Crippen LogP contribution in [0.15, 0.2) is 6.07 Å². The Morgan fingerprint density at radius 2 is 2.00 bits per heavy atom. The summed E-state index contributed by atoms with van der Waals surface area (Å²) in [6.07, 6.45) is -8.39. The number of halogens is 5. The summed E-state index contributed by atoms with van der Waals surface area (Å²) in [7, 11) is 0. The largest absolute Gasteiger partial charge is 0.573 e. The molecule has 0 aliphatic carbocycles. The molecule has 0 atom stereocenters. The first-order valence-electron chi connectivity index (χ1n) is 4.31. The number of aromatic nitrogens is 1. The van der Waals surface area contributed by atoms with Crippen molar-refractivity contribution < 1.29 is 31.6 Å². The summed E-state index contributed by atoms with van der Waals surface area (Å²) in [5.41, 5.74) is -2.72. The van der Waals surface area contributed by atoms with Crippen LogP contribution in [-0.2, 0) is 0 Å². The molecule has 1 heterocycles. The number of nitro groups is 1. The van der Waals surface area contributed by atoms with E-state index in [4.69, 9.17) is 0 Å². The second-order valence-electron chi connectivity index (χ2n) is 3.08. The fourth-order valence-electron chi connectivity index (χ4n) is 1.20. The van der Waals surface area contributed by atoms with Gasteiger partial charge in [0.1, 0.15) is 11.4 Å². The third-order valence-electron chi connectivity index (χ3n) is 1.78. The molecule has 0 amide bonds. The van der Waals surface area contributed by atoms with Gasteiger partial charge in [-0.15, -0.1) is 13.2 Å². The third kappa shape index (κ3) is 3.25. The second-order valence-corrected chi connectivity index (χ2v) is 3.08. The molecule has 100 valence electrons. The number of hydrogen-bond acceptors (Lipinski definition) is 4. The summed E-state index contributed by atoms with van der Waals surface area (Å²) < 4.78 is 64.0. The highest BCUT2D eigenvalue weighted by Gasteiger charge is 2.36. The van der Waals surface area contributed by atoms with E-state index >= 15 is 0 Å². The first kappa shape index (κ1) is 14.1. The molecule has 0 aliphatic heterocycles. The molecule has 18 heavy (non-hydrogen) atoms. The van der Waals surface area contributed by atoms with Crippen molar-refractivity contribution in [2.75, 3.05) is 0 Å². The van der Waals surface area contributed by atoms with E-state index in [2.05, 4.69) is 9.72 Å². The van der Waals surface area contributed by atoms with Crippen LogP contribution in [0.25, 0.3) is 0 Å². The normalized spacial score (nSPS) is 11.7. The topological polar surface area (TPSA) is 65.3 Å².